The quantitative estimate of drug-likeness (QED) is 0.843. The molecule has 0 radical (unpaired) electrons. The highest BCUT2D eigenvalue weighted by atomic mass is 14.7. The molecular weight excluding hydrogens is 230 g/mol. The molecule has 0 heterocycles. The van der Waals surface area contributed by atoms with Gasteiger partial charge in [-0.1, -0.05) is 61.5 Å². The van der Waals surface area contributed by atoms with E-state index in [1.165, 1.54) is 16.7 Å². The summed E-state index contributed by atoms with van der Waals surface area (Å²) in [4.78, 5) is 0. The first-order valence-electron chi connectivity index (χ1n) is 6.84. The Bertz CT molecular complexity index is 481. The minimum atomic E-state index is -0.217. The summed E-state index contributed by atoms with van der Waals surface area (Å²) < 4.78 is 0. The molecule has 0 aromatic heterocycles. The second kappa shape index (κ2) is 7.10. The lowest BCUT2D eigenvalue weighted by molar-refractivity contribution is 0.551. The van der Waals surface area contributed by atoms with Crippen molar-refractivity contribution in [3.05, 3.63) is 71.3 Å². The molecule has 2 aromatic carbocycles. The molecule has 0 unspecified atom stereocenters. The fraction of sp³-hybridized carbons (Fsp3) is 0.333. The summed E-state index contributed by atoms with van der Waals surface area (Å²) in [5.41, 5.74) is 9.64. The molecule has 2 rings (SSSR count). The van der Waals surface area contributed by atoms with E-state index in [1.54, 1.807) is 0 Å². The Morgan fingerprint density at radius 3 is 1.79 bits per heavy atom. The Kier molecular flexibility index (Phi) is 5.78. The fourth-order valence-electron chi connectivity index (χ4n) is 2.01. The minimum absolute atomic E-state index is 0.217. The van der Waals surface area contributed by atoms with Gasteiger partial charge < -0.3 is 5.73 Å². The Hall–Kier alpha value is -1.60. The van der Waals surface area contributed by atoms with E-state index in [4.69, 9.17) is 5.73 Å². The molecule has 0 aliphatic heterocycles. The van der Waals surface area contributed by atoms with E-state index in [1.807, 2.05) is 32.0 Å². The summed E-state index contributed by atoms with van der Waals surface area (Å²) >= 11 is 0. The van der Waals surface area contributed by atoms with E-state index < -0.39 is 0 Å². The highest BCUT2D eigenvalue weighted by Gasteiger charge is 2.14. The number of hydrogen-bond acceptors (Lipinski definition) is 1. The standard InChI is InChI=1S/C10H15N.C8H10/c1-8-6-4-5-7-9(8)10(2,3)11;1-2-8-6-4-3-5-7-8/h4-7H,11H2,1-3H3;3-7H,2H2,1H3. The van der Waals surface area contributed by atoms with E-state index in [9.17, 15) is 0 Å². The molecule has 2 N–H and O–H groups in total. The SMILES string of the molecule is CCc1ccccc1.Cc1ccccc1C(C)(C)N. The zero-order valence-electron chi connectivity index (χ0n) is 12.5. The van der Waals surface area contributed by atoms with Crippen LogP contribution in [0.2, 0.25) is 0 Å². The van der Waals surface area contributed by atoms with Gasteiger partial charge in [-0.05, 0) is 43.9 Å². The zero-order valence-corrected chi connectivity index (χ0v) is 12.5. The number of rotatable bonds is 2. The first kappa shape index (κ1) is 15.5. The van der Waals surface area contributed by atoms with E-state index in [-0.39, 0.29) is 5.54 Å². The first-order valence-corrected chi connectivity index (χ1v) is 6.84. The van der Waals surface area contributed by atoms with Crippen LogP contribution < -0.4 is 5.73 Å². The van der Waals surface area contributed by atoms with Crippen molar-refractivity contribution in [1.82, 2.24) is 0 Å². The third-order valence-electron chi connectivity index (χ3n) is 3.09. The van der Waals surface area contributed by atoms with Gasteiger partial charge in [0, 0.05) is 5.54 Å². The van der Waals surface area contributed by atoms with Gasteiger partial charge in [0.2, 0.25) is 0 Å². The average molecular weight is 255 g/mol. The summed E-state index contributed by atoms with van der Waals surface area (Å²) in [6, 6.07) is 18.7. The van der Waals surface area contributed by atoms with Gasteiger partial charge in [0.05, 0.1) is 0 Å². The van der Waals surface area contributed by atoms with Crippen molar-refractivity contribution in [3.8, 4) is 0 Å². The van der Waals surface area contributed by atoms with Crippen molar-refractivity contribution < 1.29 is 0 Å². The van der Waals surface area contributed by atoms with Crippen molar-refractivity contribution in [1.29, 1.82) is 0 Å². The molecule has 0 fully saturated rings. The van der Waals surface area contributed by atoms with Gasteiger partial charge in [-0.3, -0.25) is 0 Å². The Morgan fingerprint density at radius 1 is 0.895 bits per heavy atom. The Morgan fingerprint density at radius 2 is 1.42 bits per heavy atom. The van der Waals surface area contributed by atoms with Crippen molar-refractivity contribution in [2.75, 3.05) is 0 Å². The van der Waals surface area contributed by atoms with Gasteiger partial charge in [-0.2, -0.15) is 0 Å². The van der Waals surface area contributed by atoms with Crippen molar-refractivity contribution >= 4 is 0 Å². The molecule has 102 valence electrons. The van der Waals surface area contributed by atoms with Crippen LogP contribution in [-0.2, 0) is 12.0 Å². The zero-order chi connectivity index (χ0) is 14.3. The molecule has 2 aromatic rings. The van der Waals surface area contributed by atoms with Gasteiger partial charge in [0.15, 0.2) is 0 Å². The van der Waals surface area contributed by atoms with Crippen molar-refractivity contribution in [3.63, 3.8) is 0 Å². The predicted octanol–water partition coefficient (Wildman–Crippen LogP) is 4.44. The van der Waals surface area contributed by atoms with Crippen LogP contribution in [0.3, 0.4) is 0 Å². The second-order valence-corrected chi connectivity index (χ2v) is 5.38. The number of nitrogens with two attached hydrogens (primary N) is 1. The van der Waals surface area contributed by atoms with Gasteiger partial charge in [-0.15, -0.1) is 0 Å². The molecule has 0 aliphatic rings. The van der Waals surface area contributed by atoms with Crippen molar-refractivity contribution in [2.24, 2.45) is 5.73 Å². The van der Waals surface area contributed by atoms with Crippen LogP contribution in [-0.4, -0.2) is 0 Å². The maximum atomic E-state index is 5.96. The molecule has 0 saturated carbocycles. The lowest BCUT2D eigenvalue weighted by atomic mass is 9.92. The molecule has 0 bridgehead atoms. The summed E-state index contributed by atoms with van der Waals surface area (Å²) in [7, 11) is 0. The third kappa shape index (κ3) is 5.27. The van der Waals surface area contributed by atoms with Gasteiger partial charge in [0.25, 0.3) is 0 Å². The smallest absolute Gasteiger partial charge is 0.0355 e. The Balaban J connectivity index is 0.000000200. The van der Waals surface area contributed by atoms with Crippen LogP contribution in [0.25, 0.3) is 0 Å². The summed E-state index contributed by atoms with van der Waals surface area (Å²) in [5.74, 6) is 0. The topological polar surface area (TPSA) is 26.0 Å². The molecule has 1 heteroatoms. The largest absolute Gasteiger partial charge is 0.322 e. The van der Waals surface area contributed by atoms with Gasteiger partial charge >= 0.3 is 0 Å². The summed E-state index contributed by atoms with van der Waals surface area (Å²) in [6.07, 6.45) is 1.14. The second-order valence-electron chi connectivity index (χ2n) is 5.38. The predicted molar refractivity (Wildman–Crippen MR) is 84.2 cm³/mol. The molecule has 0 atom stereocenters. The average Bonchev–Trinajstić information content (AvgIpc) is 2.39. The van der Waals surface area contributed by atoms with Crippen LogP contribution >= 0.6 is 0 Å². The molecule has 0 amide bonds. The number of hydrogen-bond donors (Lipinski definition) is 1. The van der Waals surface area contributed by atoms with Crippen molar-refractivity contribution in [2.45, 2.75) is 39.7 Å². The minimum Gasteiger partial charge on any atom is -0.322 e. The molecule has 0 saturated heterocycles. The lowest BCUT2D eigenvalue weighted by Crippen LogP contribution is -2.29. The third-order valence-corrected chi connectivity index (χ3v) is 3.09. The summed E-state index contributed by atoms with van der Waals surface area (Å²) in [5, 5.41) is 0. The van der Waals surface area contributed by atoms with E-state index in [2.05, 4.69) is 50.2 Å². The van der Waals surface area contributed by atoms with Crippen LogP contribution in [0.1, 0.15) is 37.5 Å². The van der Waals surface area contributed by atoms with E-state index >= 15 is 0 Å². The Labute approximate surface area is 117 Å². The molecule has 0 spiro atoms. The van der Waals surface area contributed by atoms with Crippen LogP contribution in [0, 0.1) is 6.92 Å². The van der Waals surface area contributed by atoms with E-state index in [0.29, 0.717) is 0 Å². The molecule has 0 aliphatic carbocycles. The number of benzene rings is 2. The van der Waals surface area contributed by atoms with Gasteiger partial charge in [-0.25, -0.2) is 0 Å². The highest BCUT2D eigenvalue weighted by molar-refractivity contribution is 5.30. The maximum absolute atomic E-state index is 5.96. The number of aryl methyl sites for hydroxylation is 2. The monoisotopic (exact) mass is 255 g/mol. The molecule has 1 nitrogen and oxygen atoms in total. The summed E-state index contributed by atoms with van der Waals surface area (Å²) in [6.45, 7) is 8.30. The van der Waals surface area contributed by atoms with E-state index in [0.717, 1.165) is 6.42 Å². The highest BCUT2D eigenvalue weighted by Crippen LogP contribution is 2.19. The molecular formula is C18H25N. The van der Waals surface area contributed by atoms with Crippen LogP contribution in [0.15, 0.2) is 54.6 Å². The first-order chi connectivity index (χ1) is 8.95. The van der Waals surface area contributed by atoms with Crippen LogP contribution in [0.5, 0.6) is 0 Å². The lowest BCUT2D eigenvalue weighted by Gasteiger charge is -2.21. The molecule has 19 heavy (non-hydrogen) atoms. The van der Waals surface area contributed by atoms with Gasteiger partial charge in [0.1, 0.15) is 0 Å². The fourth-order valence-corrected chi connectivity index (χ4v) is 2.01. The van der Waals surface area contributed by atoms with Crippen LogP contribution in [0.4, 0.5) is 0 Å². The normalized spacial score (nSPS) is 10.6. The maximum Gasteiger partial charge on any atom is 0.0355 e.